The van der Waals surface area contributed by atoms with Gasteiger partial charge in [-0.25, -0.2) is 0 Å². The van der Waals surface area contributed by atoms with E-state index < -0.39 is 10.4 Å². The molecule has 0 aromatic heterocycles. The summed E-state index contributed by atoms with van der Waals surface area (Å²) in [5.74, 6) is 0. The Kier molecular flexibility index (Phi) is 3.62. The van der Waals surface area contributed by atoms with Crippen LogP contribution in [-0.2, 0) is 0 Å². The molecule has 2 rings (SSSR count). The van der Waals surface area contributed by atoms with Gasteiger partial charge in [0.15, 0.2) is 0 Å². The first-order valence-electron chi connectivity index (χ1n) is 5.08. The summed E-state index contributed by atoms with van der Waals surface area (Å²) >= 11 is 11.9. The molecule has 2 unspecified atom stereocenters. The summed E-state index contributed by atoms with van der Waals surface area (Å²) in [6.45, 7) is 0. The third-order valence-corrected chi connectivity index (χ3v) is 3.25. The number of nitrogens with zero attached hydrogens (tertiary/aromatic N) is 2. The van der Waals surface area contributed by atoms with Gasteiger partial charge in [0.1, 0.15) is 5.00 Å². The first-order chi connectivity index (χ1) is 8.08. The van der Waals surface area contributed by atoms with Crippen LogP contribution in [0.1, 0.15) is 0 Å². The molecule has 0 bridgehead atoms. The molecule has 0 saturated heterocycles. The molecule has 1 aromatic carbocycles. The summed E-state index contributed by atoms with van der Waals surface area (Å²) in [5.41, 5.74) is 7.15. The third kappa shape index (κ3) is 3.16. The van der Waals surface area contributed by atoms with Crippen molar-refractivity contribution in [1.29, 1.82) is 0 Å². The number of rotatable bonds is 2. The quantitative estimate of drug-likeness (QED) is 0.496. The van der Waals surface area contributed by atoms with Crippen molar-refractivity contribution < 1.29 is 0 Å². The van der Waals surface area contributed by atoms with Crippen molar-refractivity contribution in [1.82, 2.24) is 0 Å². The maximum absolute atomic E-state index is 6.00. The molecule has 0 spiro atoms. The maximum Gasteiger partial charge on any atom is 0.130 e. The highest BCUT2D eigenvalue weighted by Gasteiger charge is 2.29. The van der Waals surface area contributed by atoms with E-state index in [4.69, 9.17) is 28.9 Å². The van der Waals surface area contributed by atoms with Crippen LogP contribution in [-0.4, -0.2) is 10.4 Å². The van der Waals surface area contributed by atoms with E-state index in [1.807, 2.05) is 30.3 Å². The summed E-state index contributed by atoms with van der Waals surface area (Å²) < 4.78 is 0. The van der Waals surface area contributed by atoms with Gasteiger partial charge in [-0.3, -0.25) is 0 Å². The Labute approximate surface area is 110 Å². The van der Waals surface area contributed by atoms with Crippen molar-refractivity contribution in [3.8, 4) is 0 Å². The summed E-state index contributed by atoms with van der Waals surface area (Å²) in [7, 11) is 0. The van der Waals surface area contributed by atoms with Crippen LogP contribution in [0.15, 0.2) is 64.5 Å². The zero-order valence-corrected chi connectivity index (χ0v) is 10.4. The zero-order chi connectivity index (χ0) is 12.3. The predicted octanol–water partition coefficient (Wildman–Crippen LogP) is 3.73. The first kappa shape index (κ1) is 12.3. The molecule has 0 saturated carbocycles. The van der Waals surface area contributed by atoms with E-state index in [1.165, 1.54) is 0 Å². The minimum atomic E-state index is -1.05. The second-order valence-corrected chi connectivity index (χ2v) is 4.81. The van der Waals surface area contributed by atoms with Crippen molar-refractivity contribution in [2.45, 2.75) is 10.4 Å². The topological polar surface area (TPSA) is 50.7 Å². The van der Waals surface area contributed by atoms with Gasteiger partial charge in [0.25, 0.3) is 0 Å². The number of hydrogen-bond donors (Lipinski definition) is 1. The lowest BCUT2D eigenvalue weighted by molar-refractivity contribution is 0.742. The van der Waals surface area contributed by atoms with Crippen molar-refractivity contribution in [2.24, 2.45) is 16.0 Å². The highest BCUT2D eigenvalue weighted by atomic mass is 35.5. The highest BCUT2D eigenvalue weighted by Crippen LogP contribution is 2.28. The van der Waals surface area contributed by atoms with E-state index in [0.29, 0.717) is 5.70 Å². The number of alkyl halides is 2. The normalized spacial score (nSPS) is 28.4. The van der Waals surface area contributed by atoms with Gasteiger partial charge in [-0.2, -0.15) is 10.2 Å². The number of allylic oxidation sites excluding steroid dienone is 1. The smallest absolute Gasteiger partial charge is 0.130 e. The predicted molar refractivity (Wildman–Crippen MR) is 70.6 cm³/mol. The largest absolute Gasteiger partial charge is 0.308 e. The molecule has 0 amide bonds. The Balaban J connectivity index is 2.12. The van der Waals surface area contributed by atoms with E-state index >= 15 is 0 Å². The SMILES string of the molecule is NC1(Cl)C=CC(N=Nc2ccccc2)=CC1Cl. The Bertz CT molecular complexity index is 478. The van der Waals surface area contributed by atoms with E-state index in [2.05, 4.69) is 10.2 Å². The van der Waals surface area contributed by atoms with Gasteiger partial charge in [-0.1, -0.05) is 29.8 Å². The standard InChI is InChI=1S/C12H11Cl2N3/c13-11-8-10(6-7-12(11,14)15)17-16-9-4-2-1-3-5-9/h1-8,11H,15H2. The van der Waals surface area contributed by atoms with Crippen molar-refractivity contribution >= 4 is 28.9 Å². The molecule has 2 atom stereocenters. The lowest BCUT2D eigenvalue weighted by Crippen LogP contribution is -2.40. The van der Waals surface area contributed by atoms with E-state index in [1.54, 1.807) is 18.2 Å². The number of nitrogens with two attached hydrogens (primary N) is 1. The number of azo groups is 1. The molecular formula is C12H11Cl2N3. The van der Waals surface area contributed by atoms with Crippen LogP contribution in [0.4, 0.5) is 5.69 Å². The molecule has 0 radical (unpaired) electrons. The average molecular weight is 268 g/mol. The maximum atomic E-state index is 6.00. The van der Waals surface area contributed by atoms with E-state index in [9.17, 15) is 0 Å². The average Bonchev–Trinajstić information content (AvgIpc) is 2.32. The molecule has 3 nitrogen and oxygen atoms in total. The van der Waals surface area contributed by atoms with Crippen LogP contribution in [0.2, 0.25) is 0 Å². The molecule has 0 fully saturated rings. The fourth-order valence-electron chi connectivity index (χ4n) is 1.32. The van der Waals surface area contributed by atoms with Crippen molar-refractivity contribution in [3.63, 3.8) is 0 Å². The van der Waals surface area contributed by atoms with Gasteiger partial charge < -0.3 is 5.73 Å². The summed E-state index contributed by atoms with van der Waals surface area (Å²) in [6, 6.07) is 9.44. The lowest BCUT2D eigenvalue weighted by Gasteiger charge is -2.24. The molecule has 0 aliphatic heterocycles. The van der Waals surface area contributed by atoms with Gasteiger partial charge in [0.05, 0.1) is 16.8 Å². The molecule has 2 N–H and O–H groups in total. The minimum Gasteiger partial charge on any atom is -0.308 e. The highest BCUT2D eigenvalue weighted by molar-refractivity contribution is 6.34. The van der Waals surface area contributed by atoms with Crippen molar-refractivity contribution in [2.75, 3.05) is 0 Å². The van der Waals surface area contributed by atoms with Crippen LogP contribution in [0.5, 0.6) is 0 Å². The Morgan fingerprint density at radius 2 is 1.88 bits per heavy atom. The lowest BCUT2D eigenvalue weighted by atomic mass is 10.1. The van der Waals surface area contributed by atoms with Crippen molar-refractivity contribution in [3.05, 3.63) is 54.3 Å². The van der Waals surface area contributed by atoms with Crippen LogP contribution in [0.25, 0.3) is 0 Å². The van der Waals surface area contributed by atoms with E-state index in [0.717, 1.165) is 5.69 Å². The van der Waals surface area contributed by atoms with Gasteiger partial charge >= 0.3 is 0 Å². The molecule has 1 aliphatic carbocycles. The van der Waals surface area contributed by atoms with Crippen LogP contribution >= 0.6 is 23.2 Å². The molecule has 88 valence electrons. The number of benzene rings is 1. The molecule has 17 heavy (non-hydrogen) atoms. The first-order valence-corrected chi connectivity index (χ1v) is 5.89. The van der Waals surface area contributed by atoms with Crippen LogP contribution in [0, 0.1) is 0 Å². The fraction of sp³-hybridized carbons (Fsp3) is 0.167. The summed E-state index contributed by atoms with van der Waals surface area (Å²) in [5, 5.41) is 7.64. The monoisotopic (exact) mass is 267 g/mol. The number of halogens is 2. The molecule has 1 aliphatic rings. The number of hydrogen-bond acceptors (Lipinski definition) is 3. The zero-order valence-electron chi connectivity index (χ0n) is 8.92. The van der Waals surface area contributed by atoms with Gasteiger partial charge in [0, 0.05) is 0 Å². The minimum absolute atomic E-state index is 0.501. The van der Waals surface area contributed by atoms with Gasteiger partial charge in [-0.05, 0) is 30.4 Å². The Morgan fingerprint density at radius 3 is 2.53 bits per heavy atom. The third-order valence-electron chi connectivity index (χ3n) is 2.29. The second kappa shape index (κ2) is 5.00. The molecule has 5 heteroatoms. The summed E-state index contributed by atoms with van der Waals surface area (Å²) in [6.07, 6.45) is 5.00. The molecule has 0 heterocycles. The second-order valence-electron chi connectivity index (χ2n) is 3.69. The van der Waals surface area contributed by atoms with E-state index in [-0.39, 0.29) is 0 Å². The van der Waals surface area contributed by atoms with Gasteiger partial charge in [-0.15, -0.1) is 11.6 Å². The molecular weight excluding hydrogens is 257 g/mol. The summed E-state index contributed by atoms with van der Waals surface area (Å²) in [4.78, 5) is -1.05. The Hall–Kier alpha value is -1.16. The van der Waals surface area contributed by atoms with Crippen LogP contribution in [0.3, 0.4) is 0 Å². The Morgan fingerprint density at radius 1 is 1.18 bits per heavy atom. The van der Waals surface area contributed by atoms with Gasteiger partial charge in [0.2, 0.25) is 0 Å². The fourth-order valence-corrected chi connectivity index (χ4v) is 1.64. The van der Waals surface area contributed by atoms with Crippen LogP contribution < -0.4 is 5.73 Å². The molecule has 1 aromatic rings.